The number of nitrogens with zero attached hydrogens (tertiary/aromatic N) is 1. The van der Waals surface area contributed by atoms with Crippen molar-refractivity contribution in [1.82, 2.24) is 15.3 Å². The predicted molar refractivity (Wildman–Crippen MR) is 77.6 cm³/mol. The van der Waals surface area contributed by atoms with E-state index in [0.29, 0.717) is 17.7 Å². The first-order valence-corrected chi connectivity index (χ1v) is 6.33. The molecule has 2 rings (SSSR count). The number of H-pyrrole nitrogens is 1. The summed E-state index contributed by atoms with van der Waals surface area (Å²) in [5.41, 5.74) is 2.81. The second-order valence-corrected chi connectivity index (χ2v) is 4.51. The zero-order valence-electron chi connectivity index (χ0n) is 11.5. The molecule has 0 bridgehead atoms. The van der Waals surface area contributed by atoms with Gasteiger partial charge in [-0.1, -0.05) is 12.1 Å². The van der Waals surface area contributed by atoms with Gasteiger partial charge in [0, 0.05) is 17.8 Å². The van der Waals surface area contributed by atoms with Crippen molar-refractivity contribution in [3.05, 3.63) is 59.2 Å². The molecule has 1 amide bonds. The molecule has 0 fully saturated rings. The number of imidazole rings is 1. The van der Waals surface area contributed by atoms with Crippen molar-refractivity contribution in [3.63, 3.8) is 0 Å². The van der Waals surface area contributed by atoms with Crippen molar-refractivity contribution in [2.75, 3.05) is 0 Å². The molecule has 0 unspecified atom stereocenters. The molecule has 6 heteroatoms. The smallest absolute Gasteiger partial charge is 0.328 e. The molecule has 0 aliphatic heterocycles. The van der Waals surface area contributed by atoms with E-state index in [4.69, 9.17) is 5.11 Å². The summed E-state index contributed by atoms with van der Waals surface area (Å²) in [4.78, 5) is 29.5. The van der Waals surface area contributed by atoms with Crippen molar-refractivity contribution in [2.45, 2.75) is 13.5 Å². The maximum Gasteiger partial charge on any atom is 0.328 e. The highest BCUT2D eigenvalue weighted by molar-refractivity contribution is 5.96. The van der Waals surface area contributed by atoms with Crippen LogP contribution in [0.25, 0.3) is 6.08 Å². The van der Waals surface area contributed by atoms with Crippen molar-refractivity contribution in [2.24, 2.45) is 0 Å². The molecule has 108 valence electrons. The van der Waals surface area contributed by atoms with Gasteiger partial charge in [-0.05, 0) is 30.2 Å². The fraction of sp³-hybridized carbons (Fsp3) is 0.133. The van der Waals surface area contributed by atoms with Crippen LogP contribution in [0.3, 0.4) is 0 Å². The maximum absolute atomic E-state index is 12.2. The van der Waals surface area contributed by atoms with E-state index in [1.54, 1.807) is 30.7 Å². The van der Waals surface area contributed by atoms with Gasteiger partial charge < -0.3 is 15.4 Å². The number of nitrogens with one attached hydrogen (secondary N) is 2. The normalized spacial score (nSPS) is 10.7. The molecule has 0 saturated carbocycles. The van der Waals surface area contributed by atoms with Gasteiger partial charge in [0.25, 0.3) is 5.91 Å². The van der Waals surface area contributed by atoms with Crippen LogP contribution in [-0.4, -0.2) is 27.0 Å². The summed E-state index contributed by atoms with van der Waals surface area (Å²) in [5, 5.41) is 11.4. The van der Waals surface area contributed by atoms with Gasteiger partial charge >= 0.3 is 5.97 Å². The SMILES string of the molecule is Cc1ccc(C=CC(=O)O)cc1C(=O)NCc1cnc[nH]1. The highest BCUT2D eigenvalue weighted by Crippen LogP contribution is 2.13. The maximum atomic E-state index is 12.2. The van der Waals surface area contributed by atoms with E-state index in [-0.39, 0.29) is 5.91 Å². The van der Waals surface area contributed by atoms with Crippen LogP contribution in [0.2, 0.25) is 0 Å². The third-order valence-corrected chi connectivity index (χ3v) is 2.92. The predicted octanol–water partition coefficient (Wildman–Crippen LogP) is 1.75. The standard InChI is InChI=1S/C15H15N3O3/c1-10-2-3-11(4-5-14(19)20)6-13(10)15(21)17-8-12-7-16-9-18-12/h2-7,9H,8H2,1H3,(H,16,18)(H,17,21)(H,19,20). The summed E-state index contributed by atoms with van der Waals surface area (Å²) < 4.78 is 0. The van der Waals surface area contributed by atoms with Gasteiger partial charge in [-0.3, -0.25) is 4.79 Å². The first kappa shape index (κ1) is 14.5. The molecule has 0 atom stereocenters. The number of carbonyl (C=O) groups is 2. The summed E-state index contributed by atoms with van der Waals surface area (Å²) in [5.74, 6) is -1.24. The highest BCUT2D eigenvalue weighted by Gasteiger charge is 2.09. The summed E-state index contributed by atoms with van der Waals surface area (Å²) in [6.07, 6.45) is 5.67. The Morgan fingerprint density at radius 1 is 1.43 bits per heavy atom. The van der Waals surface area contributed by atoms with Gasteiger partial charge in [0.15, 0.2) is 0 Å². The second kappa shape index (κ2) is 6.51. The molecule has 1 aromatic carbocycles. The van der Waals surface area contributed by atoms with Gasteiger partial charge in [0.05, 0.1) is 18.6 Å². The van der Waals surface area contributed by atoms with Crippen LogP contribution >= 0.6 is 0 Å². The number of aliphatic carboxylic acids is 1. The van der Waals surface area contributed by atoms with Crippen LogP contribution in [0.15, 0.2) is 36.8 Å². The molecular formula is C15H15N3O3. The topological polar surface area (TPSA) is 95.1 Å². The van der Waals surface area contributed by atoms with Crippen LogP contribution in [0.4, 0.5) is 0 Å². The van der Waals surface area contributed by atoms with E-state index in [0.717, 1.165) is 17.3 Å². The fourth-order valence-electron chi connectivity index (χ4n) is 1.81. The molecule has 1 aromatic heterocycles. The van der Waals surface area contributed by atoms with Gasteiger partial charge in [-0.25, -0.2) is 9.78 Å². The van der Waals surface area contributed by atoms with Crippen molar-refractivity contribution in [3.8, 4) is 0 Å². The molecule has 0 spiro atoms. The van der Waals surface area contributed by atoms with Crippen LogP contribution in [-0.2, 0) is 11.3 Å². The lowest BCUT2D eigenvalue weighted by atomic mass is 10.0. The quantitative estimate of drug-likeness (QED) is 0.729. The molecule has 0 aliphatic carbocycles. The Labute approximate surface area is 121 Å². The van der Waals surface area contributed by atoms with E-state index in [1.807, 2.05) is 6.92 Å². The number of aromatic amines is 1. The van der Waals surface area contributed by atoms with Crippen LogP contribution in [0.1, 0.15) is 27.2 Å². The number of aromatic nitrogens is 2. The summed E-state index contributed by atoms with van der Waals surface area (Å²) in [6.45, 7) is 2.18. The third-order valence-electron chi connectivity index (χ3n) is 2.92. The van der Waals surface area contributed by atoms with Crippen LogP contribution < -0.4 is 5.32 Å². The largest absolute Gasteiger partial charge is 0.478 e. The van der Waals surface area contributed by atoms with Crippen molar-refractivity contribution < 1.29 is 14.7 Å². The van der Waals surface area contributed by atoms with Crippen LogP contribution in [0.5, 0.6) is 0 Å². The Balaban J connectivity index is 2.12. The van der Waals surface area contributed by atoms with E-state index in [2.05, 4.69) is 15.3 Å². The number of amides is 1. The van der Waals surface area contributed by atoms with Crippen molar-refractivity contribution >= 4 is 18.0 Å². The Bertz CT molecular complexity index is 675. The van der Waals surface area contributed by atoms with Gasteiger partial charge in [-0.2, -0.15) is 0 Å². The number of aryl methyl sites for hydroxylation is 1. The van der Waals surface area contributed by atoms with E-state index >= 15 is 0 Å². The molecule has 6 nitrogen and oxygen atoms in total. The Kier molecular flexibility index (Phi) is 4.50. The average Bonchev–Trinajstić information content (AvgIpc) is 2.97. The minimum Gasteiger partial charge on any atom is -0.478 e. The number of hydrogen-bond acceptors (Lipinski definition) is 3. The Morgan fingerprint density at radius 2 is 2.24 bits per heavy atom. The summed E-state index contributed by atoms with van der Waals surface area (Å²) in [6, 6.07) is 5.21. The third kappa shape index (κ3) is 4.04. The molecule has 1 heterocycles. The van der Waals surface area contributed by atoms with E-state index in [1.165, 1.54) is 6.08 Å². The molecule has 0 saturated heterocycles. The lowest BCUT2D eigenvalue weighted by Crippen LogP contribution is -2.23. The first-order valence-electron chi connectivity index (χ1n) is 6.33. The Morgan fingerprint density at radius 3 is 2.90 bits per heavy atom. The minimum atomic E-state index is -1.03. The zero-order chi connectivity index (χ0) is 15.2. The highest BCUT2D eigenvalue weighted by atomic mass is 16.4. The average molecular weight is 285 g/mol. The van der Waals surface area contributed by atoms with Gasteiger partial charge in [0.1, 0.15) is 0 Å². The zero-order valence-corrected chi connectivity index (χ0v) is 11.5. The molecule has 21 heavy (non-hydrogen) atoms. The monoisotopic (exact) mass is 285 g/mol. The van der Waals surface area contributed by atoms with E-state index in [9.17, 15) is 9.59 Å². The summed E-state index contributed by atoms with van der Waals surface area (Å²) in [7, 11) is 0. The molecular weight excluding hydrogens is 270 g/mol. The van der Waals surface area contributed by atoms with Gasteiger partial charge in [-0.15, -0.1) is 0 Å². The molecule has 0 radical (unpaired) electrons. The molecule has 3 N–H and O–H groups in total. The number of hydrogen-bond donors (Lipinski definition) is 3. The fourth-order valence-corrected chi connectivity index (χ4v) is 1.81. The lowest BCUT2D eigenvalue weighted by Gasteiger charge is -2.08. The number of carbonyl (C=O) groups excluding carboxylic acids is 1. The van der Waals surface area contributed by atoms with Gasteiger partial charge in [0.2, 0.25) is 0 Å². The number of carboxylic acid groups (broad SMARTS) is 1. The number of carboxylic acids is 1. The van der Waals surface area contributed by atoms with E-state index < -0.39 is 5.97 Å². The Hall–Kier alpha value is -2.89. The second-order valence-electron chi connectivity index (χ2n) is 4.51. The molecule has 0 aliphatic rings. The summed E-state index contributed by atoms with van der Waals surface area (Å²) >= 11 is 0. The number of benzene rings is 1. The van der Waals surface area contributed by atoms with Crippen molar-refractivity contribution in [1.29, 1.82) is 0 Å². The minimum absolute atomic E-state index is 0.215. The molecule has 2 aromatic rings. The number of rotatable bonds is 5. The lowest BCUT2D eigenvalue weighted by molar-refractivity contribution is -0.131. The van der Waals surface area contributed by atoms with Crippen LogP contribution in [0, 0.1) is 6.92 Å². The first-order chi connectivity index (χ1) is 10.1.